The zero-order valence-electron chi connectivity index (χ0n) is 7.31. The lowest BCUT2D eigenvalue weighted by atomic mass is 10.0. The van der Waals surface area contributed by atoms with Crippen LogP contribution in [0.25, 0.3) is 0 Å². The SMILES string of the molecule is C=CC[C@@H](N)c1ccccc1O.Cl. The van der Waals surface area contributed by atoms with E-state index in [-0.39, 0.29) is 24.2 Å². The van der Waals surface area contributed by atoms with Crippen molar-refractivity contribution < 1.29 is 5.11 Å². The molecule has 1 aromatic carbocycles. The quantitative estimate of drug-likeness (QED) is 0.735. The number of hydrogen-bond donors (Lipinski definition) is 2. The maximum atomic E-state index is 9.39. The topological polar surface area (TPSA) is 46.2 Å². The zero-order chi connectivity index (χ0) is 8.97. The summed E-state index contributed by atoms with van der Waals surface area (Å²) in [5, 5.41) is 9.39. The van der Waals surface area contributed by atoms with E-state index in [1.165, 1.54) is 0 Å². The molecule has 0 heterocycles. The van der Waals surface area contributed by atoms with Gasteiger partial charge in [0.25, 0.3) is 0 Å². The molecule has 2 nitrogen and oxygen atoms in total. The van der Waals surface area contributed by atoms with Crippen molar-refractivity contribution in [1.82, 2.24) is 0 Å². The molecule has 3 N–H and O–H groups in total. The molecule has 0 spiro atoms. The summed E-state index contributed by atoms with van der Waals surface area (Å²) in [7, 11) is 0. The first-order valence-corrected chi connectivity index (χ1v) is 3.90. The number of para-hydroxylation sites is 1. The summed E-state index contributed by atoms with van der Waals surface area (Å²) >= 11 is 0. The summed E-state index contributed by atoms with van der Waals surface area (Å²) in [4.78, 5) is 0. The molecule has 0 saturated carbocycles. The van der Waals surface area contributed by atoms with E-state index >= 15 is 0 Å². The number of rotatable bonds is 3. The second-order valence-corrected chi connectivity index (χ2v) is 2.69. The number of hydrogen-bond acceptors (Lipinski definition) is 2. The highest BCUT2D eigenvalue weighted by atomic mass is 35.5. The highest BCUT2D eigenvalue weighted by Crippen LogP contribution is 2.23. The van der Waals surface area contributed by atoms with Crippen molar-refractivity contribution >= 4 is 12.4 Å². The third-order valence-corrected chi connectivity index (χ3v) is 1.76. The molecule has 0 bridgehead atoms. The van der Waals surface area contributed by atoms with Gasteiger partial charge in [-0.1, -0.05) is 24.3 Å². The van der Waals surface area contributed by atoms with E-state index in [4.69, 9.17) is 5.73 Å². The van der Waals surface area contributed by atoms with Crippen LogP contribution >= 0.6 is 12.4 Å². The maximum Gasteiger partial charge on any atom is 0.120 e. The van der Waals surface area contributed by atoms with E-state index in [9.17, 15) is 5.11 Å². The predicted octanol–water partition coefficient (Wildman–Crippen LogP) is 2.39. The summed E-state index contributed by atoms with van der Waals surface area (Å²) < 4.78 is 0. The fourth-order valence-corrected chi connectivity index (χ4v) is 1.11. The molecule has 1 atom stereocenters. The van der Waals surface area contributed by atoms with Crippen LogP contribution in [0.3, 0.4) is 0 Å². The minimum Gasteiger partial charge on any atom is -0.508 e. The number of phenols is 1. The van der Waals surface area contributed by atoms with Gasteiger partial charge in [-0.3, -0.25) is 0 Å². The highest BCUT2D eigenvalue weighted by Gasteiger charge is 2.07. The lowest BCUT2D eigenvalue weighted by Crippen LogP contribution is -2.08. The molecule has 0 aliphatic rings. The molecule has 0 aliphatic carbocycles. The Hall–Kier alpha value is -0.990. The molecule has 0 saturated heterocycles. The smallest absolute Gasteiger partial charge is 0.120 e. The average molecular weight is 200 g/mol. The first-order valence-electron chi connectivity index (χ1n) is 3.90. The van der Waals surface area contributed by atoms with Crippen LogP contribution in [0.1, 0.15) is 18.0 Å². The van der Waals surface area contributed by atoms with Gasteiger partial charge in [0, 0.05) is 11.6 Å². The van der Waals surface area contributed by atoms with Crippen LogP contribution in [0.2, 0.25) is 0 Å². The third-order valence-electron chi connectivity index (χ3n) is 1.76. The molecule has 13 heavy (non-hydrogen) atoms. The Morgan fingerprint density at radius 1 is 1.46 bits per heavy atom. The lowest BCUT2D eigenvalue weighted by molar-refractivity contribution is 0.461. The molecule has 1 rings (SSSR count). The van der Waals surface area contributed by atoms with E-state index in [0.717, 1.165) is 5.56 Å². The van der Waals surface area contributed by atoms with Gasteiger partial charge in [0.15, 0.2) is 0 Å². The van der Waals surface area contributed by atoms with Crippen LogP contribution in [-0.2, 0) is 0 Å². The van der Waals surface area contributed by atoms with Gasteiger partial charge in [-0.2, -0.15) is 0 Å². The van der Waals surface area contributed by atoms with Gasteiger partial charge in [-0.15, -0.1) is 19.0 Å². The van der Waals surface area contributed by atoms with E-state index < -0.39 is 0 Å². The van der Waals surface area contributed by atoms with Crippen molar-refractivity contribution in [3.05, 3.63) is 42.5 Å². The average Bonchev–Trinajstić information content (AvgIpc) is 2.05. The molecule has 0 amide bonds. The molecule has 0 fully saturated rings. The van der Waals surface area contributed by atoms with Crippen LogP contribution in [-0.4, -0.2) is 5.11 Å². The fraction of sp³-hybridized carbons (Fsp3) is 0.200. The van der Waals surface area contributed by atoms with Crippen molar-refractivity contribution in [1.29, 1.82) is 0 Å². The number of aromatic hydroxyl groups is 1. The minimum absolute atomic E-state index is 0. The molecule has 0 aromatic heterocycles. The molecular weight excluding hydrogens is 186 g/mol. The van der Waals surface area contributed by atoms with E-state index in [1.807, 2.05) is 12.1 Å². The Bertz CT molecular complexity index is 275. The Morgan fingerprint density at radius 3 is 2.62 bits per heavy atom. The maximum absolute atomic E-state index is 9.39. The van der Waals surface area contributed by atoms with Crippen molar-refractivity contribution in [3.63, 3.8) is 0 Å². The number of nitrogens with two attached hydrogens (primary N) is 1. The van der Waals surface area contributed by atoms with E-state index in [2.05, 4.69) is 6.58 Å². The Morgan fingerprint density at radius 2 is 2.08 bits per heavy atom. The summed E-state index contributed by atoms with van der Waals surface area (Å²) in [5.74, 6) is 0.256. The van der Waals surface area contributed by atoms with Crippen molar-refractivity contribution in [2.75, 3.05) is 0 Å². The largest absolute Gasteiger partial charge is 0.508 e. The molecule has 1 aromatic rings. The fourth-order valence-electron chi connectivity index (χ4n) is 1.11. The van der Waals surface area contributed by atoms with Gasteiger partial charge in [0.05, 0.1) is 0 Å². The Balaban J connectivity index is 0.00000144. The van der Waals surface area contributed by atoms with Gasteiger partial charge in [0.2, 0.25) is 0 Å². The molecule has 3 heteroatoms. The summed E-state index contributed by atoms with van der Waals surface area (Å²) in [6.07, 6.45) is 2.43. The van der Waals surface area contributed by atoms with Crippen molar-refractivity contribution in [2.24, 2.45) is 5.73 Å². The molecule has 0 unspecified atom stereocenters. The van der Waals surface area contributed by atoms with Crippen LogP contribution < -0.4 is 5.73 Å². The van der Waals surface area contributed by atoms with Crippen molar-refractivity contribution in [2.45, 2.75) is 12.5 Å². The molecule has 72 valence electrons. The van der Waals surface area contributed by atoms with Crippen LogP contribution in [0.4, 0.5) is 0 Å². The van der Waals surface area contributed by atoms with Gasteiger partial charge in [-0.25, -0.2) is 0 Å². The monoisotopic (exact) mass is 199 g/mol. The minimum atomic E-state index is -0.149. The number of benzene rings is 1. The summed E-state index contributed by atoms with van der Waals surface area (Å²) in [6, 6.07) is 6.95. The Labute approximate surface area is 84.5 Å². The second-order valence-electron chi connectivity index (χ2n) is 2.69. The summed E-state index contributed by atoms with van der Waals surface area (Å²) in [5.41, 5.74) is 6.55. The number of halogens is 1. The van der Waals surface area contributed by atoms with E-state index in [0.29, 0.717) is 6.42 Å². The molecule has 0 aliphatic heterocycles. The predicted molar refractivity (Wildman–Crippen MR) is 57.1 cm³/mol. The van der Waals surface area contributed by atoms with Gasteiger partial charge in [0.1, 0.15) is 5.75 Å². The van der Waals surface area contributed by atoms with Crippen LogP contribution in [0, 0.1) is 0 Å². The molecular formula is C10H14ClNO. The third kappa shape index (κ3) is 3.09. The molecule has 0 radical (unpaired) electrons. The van der Waals surface area contributed by atoms with Gasteiger partial charge < -0.3 is 10.8 Å². The van der Waals surface area contributed by atoms with Crippen LogP contribution in [0.15, 0.2) is 36.9 Å². The first kappa shape index (κ1) is 12.0. The van der Waals surface area contributed by atoms with E-state index in [1.54, 1.807) is 18.2 Å². The summed E-state index contributed by atoms with van der Waals surface area (Å²) in [6.45, 7) is 3.59. The second kappa shape index (κ2) is 5.62. The van der Waals surface area contributed by atoms with Crippen LogP contribution in [0.5, 0.6) is 5.75 Å². The highest BCUT2D eigenvalue weighted by molar-refractivity contribution is 5.85. The first-order chi connectivity index (χ1) is 5.75. The number of phenolic OH excluding ortho intramolecular Hbond substituents is 1. The van der Waals surface area contributed by atoms with Gasteiger partial charge >= 0.3 is 0 Å². The lowest BCUT2D eigenvalue weighted by Gasteiger charge is -2.10. The Kier molecular flexibility index (Phi) is 5.19. The normalized spacial score (nSPS) is 11.5. The zero-order valence-corrected chi connectivity index (χ0v) is 8.13. The standard InChI is InChI=1S/C10H13NO.ClH/c1-2-5-9(11)8-6-3-4-7-10(8)12;/h2-4,6-7,9,12H,1,5,11H2;1H/t9-;/m1./s1. The van der Waals surface area contributed by atoms with Gasteiger partial charge in [-0.05, 0) is 12.5 Å². The van der Waals surface area contributed by atoms with Crippen molar-refractivity contribution in [3.8, 4) is 5.75 Å².